The Morgan fingerprint density at radius 1 is 1.18 bits per heavy atom. The topological polar surface area (TPSA) is 108 Å². The van der Waals surface area contributed by atoms with Gasteiger partial charge in [0, 0.05) is 23.3 Å². The highest BCUT2D eigenvalue weighted by molar-refractivity contribution is 7.15. The van der Waals surface area contributed by atoms with Gasteiger partial charge in [0.1, 0.15) is 16.3 Å². The van der Waals surface area contributed by atoms with Crippen molar-refractivity contribution >= 4 is 34.2 Å². The fraction of sp³-hybridized carbons (Fsp3) is 0.158. The molecule has 0 fully saturated rings. The molecule has 3 rings (SSSR count). The molecule has 0 saturated heterocycles. The number of hydrogen-bond donors (Lipinski definition) is 1. The summed E-state index contributed by atoms with van der Waals surface area (Å²) < 4.78 is 15.4. The number of carbonyl (C=O) groups excluding carboxylic acids is 3. The van der Waals surface area contributed by atoms with Crippen LogP contribution in [0.1, 0.15) is 27.6 Å². The van der Waals surface area contributed by atoms with Crippen molar-refractivity contribution in [3.05, 3.63) is 59.4 Å². The average molecular weight is 400 g/mol. The van der Waals surface area contributed by atoms with Crippen LogP contribution in [0.3, 0.4) is 0 Å². The van der Waals surface area contributed by atoms with Gasteiger partial charge in [-0.3, -0.25) is 9.78 Å². The van der Waals surface area contributed by atoms with E-state index in [1.54, 1.807) is 30.5 Å². The molecule has 1 amide bonds. The maximum atomic E-state index is 12.4. The van der Waals surface area contributed by atoms with Crippen molar-refractivity contribution in [1.82, 2.24) is 4.98 Å². The molecule has 144 valence electrons. The summed E-state index contributed by atoms with van der Waals surface area (Å²) in [6.45, 7) is 1.36. The first-order chi connectivity index (χ1) is 13.6. The van der Waals surface area contributed by atoms with Crippen LogP contribution in [0.5, 0.6) is 0 Å². The van der Waals surface area contributed by atoms with Gasteiger partial charge in [-0.25, -0.2) is 9.59 Å². The van der Waals surface area contributed by atoms with Crippen molar-refractivity contribution < 1.29 is 28.3 Å². The minimum absolute atomic E-state index is 0.183. The normalized spacial score (nSPS) is 10.3. The van der Waals surface area contributed by atoms with Gasteiger partial charge in [-0.1, -0.05) is 0 Å². The van der Waals surface area contributed by atoms with Crippen molar-refractivity contribution in [3.63, 3.8) is 0 Å². The molecular weight excluding hydrogens is 384 g/mol. The Hall–Kier alpha value is -3.46. The van der Waals surface area contributed by atoms with Gasteiger partial charge >= 0.3 is 11.9 Å². The molecule has 28 heavy (non-hydrogen) atoms. The molecule has 0 aliphatic rings. The summed E-state index contributed by atoms with van der Waals surface area (Å²) in [5.74, 6) is -1.37. The highest BCUT2D eigenvalue weighted by Gasteiger charge is 2.24. The molecule has 0 bridgehead atoms. The number of anilines is 1. The first kappa shape index (κ1) is 19.3. The number of amides is 1. The number of rotatable bonds is 7. The lowest BCUT2D eigenvalue weighted by Crippen LogP contribution is -2.21. The number of esters is 2. The molecule has 3 aromatic heterocycles. The van der Waals surface area contributed by atoms with E-state index in [4.69, 9.17) is 13.9 Å². The molecule has 0 unspecified atom stereocenters. The van der Waals surface area contributed by atoms with E-state index in [1.807, 2.05) is 0 Å². The Bertz CT molecular complexity index is 966. The molecule has 0 aromatic carbocycles. The number of aromatic nitrogens is 1. The SMILES string of the molecule is CCOC(=O)c1c(-c2ccco2)csc1NC(=O)COC(=O)c1cccnc1. The lowest BCUT2D eigenvalue weighted by atomic mass is 10.1. The van der Waals surface area contributed by atoms with Crippen molar-refractivity contribution in [3.8, 4) is 11.3 Å². The molecule has 1 N–H and O–H groups in total. The summed E-state index contributed by atoms with van der Waals surface area (Å²) in [6, 6.07) is 6.51. The van der Waals surface area contributed by atoms with E-state index in [0.717, 1.165) is 11.3 Å². The van der Waals surface area contributed by atoms with E-state index in [2.05, 4.69) is 10.3 Å². The minimum Gasteiger partial charge on any atom is -0.464 e. The number of pyridine rings is 1. The molecule has 9 heteroatoms. The lowest BCUT2D eigenvalue weighted by molar-refractivity contribution is -0.119. The number of furan rings is 1. The van der Waals surface area contributed by atoms with Gasteiger partial charge in [0.25, 0.3) is 5.91 Å². The van der Waals surface area contributed by atoms with Crippen molar-refractivity contribution in [2.45, 2.75) is 6.92 Å². The smallest absolute Gasteiger partial charge is 0.341 e. The molecule has 0 saturated carbocycles. The van der Waals surface area contributed by atoms with Gasteiger partial charge in [0.15, 0.2) is 6.61 Å². The zero-order valence-electron chi connectivity index (χ0n) is 14.8. The molecule has 3 aromatic rings. The fourth-order valence-electron chi connectivity index (χ4n) is 2.33. The first-order valence-corrected chi connectivity index (χ1v) is 9.17. The number of nitrogens with one attached hydrogen (secondary N) is 1. The summed E-state index contributed by atoms with van der Waals surface area (Å²) in [7, 11) is 0. The van der Waals surface area contributed by atoms with E-state index in [9.17, 15) is 14.4 Å². The first-order valence-electron chi connectivity index (χ1n) is 8.29. The molecule has 8 nitrogen and oxygen atoms in total. The summed E-state index contributed by atoms with van der Waals surface area (Å²) in [5.41, 5.74) is 0.934. The van der Waals surface area contributed by atoms with Crippen LogP contribution in [0.2, 0.25) is 0 Å². The quantitative estimate of drug-likeness (QED) is 0.606. The molecule has 0 spiro atoms. The van der Waals surface area contributed by atoms with Crippen LogP contribution < -0.4 is 5.32 Å². The fourth-order valence-corrected chi connectivity index (χ4v) is 3.28. The van der Waals surface area contributed by atoms with Gasteiger partial charge in [-0.05, 0) is 31.2 Å². The zero-order chi connectivity index (χ0) is 19.9. The molecule has 0 aliphatic carbocycles. The van der Waals surface area contributed by atoms with E-state index in [-0.39, 0.29) is 22.7 Å². The second kappa shape index (κ2) is 8.96. The highest BCUT2D eigenvalue weighted by atomic mass is 32.1. The Morgan fingerprint density at radius 2 is 2.04 bits per heavy atom. The van der Waals surface area contributed by atoms with Crippen molar-refractivity contribution in [1.29, 1.82) is 0 Å². The largest absolute Gasteiger partial charge is 0.464 e. The standard InChI is InChI=1S/C19H16N2O6S/c1-2-25-19(24)16-13(14-6-4-8-26-14)11-28-17(16)21-15(22)10-27-18(23)12-5-3-7-20-9-12/h3-9,11H,2,10H2,1H3,(H,21,22). The number of carbonyl (C=O) groups is 3. The summed E-state index contributed by atoms with van der Waals surface area (Å²) in [5, 5.41) is 4.55. The maximum absolute atomic E-state index is 12.4. The second-order valence-corrected chi connectivity index (χ2v) is 6.30. The van der Waals surface area contributed by atoms with Crippen LogP contribution in [0.25, 0.3) is 11.3 Å². The lowest BCUT2D eigenvalue weighted by Gasteiger charge is -2.08. The van der Waals surface area contributed by atoms with Gasteiger partial charge < -0.3 is 19.2 Å². The Kier molecular flexibility index (Phi) is 6.18. The molecule has 3 heterocycles. The number of nitrogens with zero attached hydrogens (tertiary/aromatic N) is 1. The Morgan fingerprint density at radius 3 is 2.71 bits per heavy atom. The van der Waals surface area contributed by atoms with Crippen molar-refractivity contribution in [2.24, 2.45) is 0 Å². The zero-order valence-corrected chi connectivity index (χ0v) is 15.7. The van der Waals surface area contributed by atoms with E-state index in [0.29, 0.717) is 11.3 Å². The minimum atomic E-state index is -0.670. The number of hydrogen-bond acceptors (Lipinski definition) is 8. The summed E-state index contributed by atoms with van der Waals surface area (Å²) in [4.78, 5) is 40.3. The van der Waals surface area contributed by atoms with Crippen LogP contribution in [0.15, 0.2) is 52.7 Å². The number of thiophene rings is 1. The van der Waals surface area contributed by atoms with E-state index >= 15 is 0 Å². The summed E-state index contributed by atoms with van der Waals surface area (Å²) >= 11 is 1.14. The third kappa shape index (κ3) is 4.44. The van der Waals surface area contributed by atoms with E-state index in [1.165, 1.54) is 24.7 Å². The molecular formula is C19H16N2O6S. The Labute approximate surface area is 164 Å². The van der Waals surface area contributed by atoms with Gasteiger partial charge in [-0.2, -0.15) is 0 Å². The predicted molar refractivity (Wildman–Crippen MR) is 101 cm³/mol. The molecule has 0 radical (unpaired) electrons. The van der Waals surface area contributed by atoms with Gasteiger partial charge in [-0.15, -0.1) is 11.3 Å². The third-order valence-electron chi connectivity index (χ3n) is 3.54. The third-order valence-corrected chi connectivity index (χ3v) is 4.44. The van der Waals surface area contributed by atoms with Crippen LogP contribution in [0.4, 0.5) is 5.00 Å². The van der Waals surface area contributed by atoms with Crippen LogP contribution in [-0.2, 0) is 14.3 Å². The number of ether oxygens (including phenoxy) is 2. The summed E-state index contributed by atoms with van der Waals surface area (Å²) in [6.07, 6.45) is 4.35. The van der Waals surface area contributed by atoms with Crippen LogP contribution in [-0.4, -0.2) is 36.0 Å². The monoisotopic (exact) mass is 400 g/mol. The van der Waals surface area contributed by atoms with Crippen molar-refractivity contribution in [2.75, 3.05) is 18.5 Å². The predicted octanol–water partition coefficient (Wildman–Crippen LogP) is 3.38. The molecule has 0 aliphatic heterocycles. The van der Waals surface area contributed by atoms with Gasteiger partial charge in [0.05, 0.1) is 18.4 Å². The van der Waals surface area contributed by atoms with Crippen LogP contribution >= 0.6 is 11.3 Å². The Balaban J connectivity index is 1.72. The van der Waals surface area contributed by atoms with Gasteiger partial charge in [0.2, 0.25) is 0 Å². The second-order valence-electron chi connectivity index (χ2n) is 5.42. The average Bonchev–Trinajstić information content (AvgIpc) is 3.36. The molecule has 0 atom stereocenters. The maximum Gasteiger partial charge on any atom is 0.341 e. The van der Waals surface area contributed by atoms with E-state index < -0.39 is 24.5 Å². The van der Waals surface area contributed by atoms with Crippen LogP contribution in [0, 0.1) is 0 Å². The highest BCUT2D eigenvalue weighted by Crippen LogP contribution is 2.36.